The Bertz CT molecular complexity index is 938. The van der Waals surface area contributed by atoms with Gasteiger partial charge in [-0.3, -0.25) is 14.6 Å². The van der Waals surface area contributed by atoms with Crippen LogP contribution in [0.4, 0.5) is 11.4 Å². The van der Waals surface area contributed by atoms with Crippen molar-refractivity contribution in [3.8, 4) is 0 Å². The summed E-state index contributed by atoms with van der Waals surface area (Å²) in [5.41, 5.74) is 2.64. The van der Waals surface area contributed by atoms with Crippen LogP contribution >= 0.6 is 11.6 Å². The second-order valence-corrected chi connectivity index (χ2v) is 6.09. The third kappa shape index (κ3) is 4.26. The maximum atomic E-state index is 12.6. The van der Waals surface area contributed by atoms with Crippen molar-refractivity contribution >= 4 is 34.8 Å². The molecule has 3 rings (SSSR count). The summed E-state index contributed by atoms with van der Waals surface area (Å²) < 4.78 is 0. The quantitative estimate of drug-likeness (QED) is 0.712. The van der Waals surface area contributed by atoms with Crippen LogP contribution < -0.4 is 10.6 Å². The summed E-state index contributed by atoms with van der Waals surface area (Å²) in [6, 6.07) is 17.1. The van der Waals surface area contributed by atoms with Gasteiger partial charge in [0.2, 0.25) is 0 Å². The molecule has 0 bridgehead atoms. The van der Waals surface area contributed by atoms with Gasteiger partial charge in [0.05, 0.1) is 16.8 Å². The molecule has 0 spiro atoms. The van der Waals surface area contributed by atoms with Crippen molar-refractivity contribution in [2.24, 2.45) is 0 Å². The maximum absolute atomic E-state index is 12.6. The Labute approximate surface area is 156 Å². The van der Waals surface area contributed by atoms with Crippen LogP contribution in [0.15, 0.2) is 66.9 Å². The van der Waals surface area contributed by atoms with Gasteiger partial charge in [0, 0.05) is 22.6 Å². The first-order valence-corrected chi connectivity index (χ1v) is 8.31. The van der Waals surface area contributed by atoms with E-state index in [4.69, 9.17) is 11.6 Å². The van der Waals surface area contributed by atoms with Crippen molar-refractivity contribution in [2.75, 3.05) is 10.6 Å². The van der Waals surface area contributed by atoms with Gasteiger partial charge in [0.15, 0.2) is 0 Å². The van der Waals surface area contributed by atoms with Gasteiger partial charge < -0.3 is 10.6 Å². The highest BCUT2D eigenvalue weighted by atomic mass is 35.5. The fourth-order valence-electron chi connectivity index (χ4n) is 2.32. The third-order valence-corrected chi connectivity index (χ3v) is 3.95. The lowest BCUT2D eigenvalue weighted by Gasteiger charge is -2.11. The molecule has 2 aromatic carbocycles. The van der Waals surface area contributed by atoms with Crippen LogP contribution in [-0.2, 0) is 0 Å². The summed E-state index contributed by atoms with van der Waals surface area (Å²) in [5, 5.41) is 6.13. The fourth-order valence-corrected chi connectivity index (χ4v) is 2.44. The van der Waals surface area contributed by atoms with Gasteiger partial charge in [-0.2, -0.15) is 0 Å². The topological polar surface area (TPSA) is 71.1 Å². The minimum atomic E-state index is -0.329. The molecule has 0 saturated carbocycles. The number of nitrogens with one attached hydrogen (secondary N) is 2. The van der Waals surface area contributed by atoms with Gasteiger partial charge in [-0.15, -0.1) is 0 Å². The number of nitrogens with zero attached hydrogens (tertiary/aromatic N) is 1. The van der Waals surface area contributed by atoms with Crippen LogP contribution in [0.3, 0.4) is 0 Å². The average molecular weight is 366 g/mol. The van der Waals surface area contributed by atoms with E-state index in [0.29, 0.717) is 27.5 Å². The summed E-state index contributed by atoms with van der Waals surface area (Å²) in [7, 11) is 0. The summed E-state index contributed by atoms with van der Waals surface area (Å²) >= 11 is 5.85. The number of anilines is 2. The number of amides is 2. The molecule has 3 aromatic rings. The number of aromatic nitrogens is 1. The molecule has 0 atom stereocenters. The summed E-state index contributed by atoms with van der Waals surface area (Å²) in [6.45, 7) is 1.85. The average Bonchev–Trinajstić information content (AvgIpc) is 2.64. The van der Waals surface area contributed by atoms with Gasteiger partial charge in [-0.25, -0.2) is 0 Å². The molecular weight excluding hydrogens is 350 g/mol. The second-order valence-electron chi connectivity index (χ2n) is 5.65. The molecule has 0 radical (unpaired) electrons. The molecule has 0 fully saturated rings. The lowest BCUT2D eigenvalue weighted by Crippen LogP contribution is -2.18. The Balaban J connectivity index is 1.79. The van der Waals surface area contributed by atoms with Crippen LogP contribution in [0.5, 0.6) is 0 Å². The number of pyridine rings is 1. The monoisotopic (exact) mass is 365 g/mol. The Morgan fingerprint density at radius 3 is 2.31 bits per heavy atom. The van der Waals surface area contributed by atoms with Crippen molar-refractivity contribution in [2.45, 2.75) is 6.92 Å². The minimum absolute atomic E-state index is 0.328. The first kappa shape index (κ1) is 17.6. The molecule has 6 heteroatoms. The highest BCUT2D eigenvalue weighted by Crippen LogP contribution is 2.19. The molecule has 0 aliphatic rings. The van der Waals surface area contributed by atoms with E-state index in [0.717, 1.165) is 5.69 Å². The minimum Gasteiger partial charge on any atom is -0.322 e. The number of benzene rings is 2. The first-order valence-electron chi connectivity index (χ1n) is 7.93. The lowest BCUT2D eigenvalue weighted by molar-refractivity contribution is 0.102. The predicted molar refractivity (Wildman–Crippen MR) is 103 cm³/mol. The number of hydrogen-bond acceptors (Lipinski definition) is 3. The molecule has 0 saturated heterocycles. The molecule has 5 nitrogen and oxygen atoms in total. The number of hydrogen-bond donors (Lipinski definition) is 2. The van der Waals surface area contributed by atoms with Crippen molar-refractivity contribution in [3.05, 3.63) is 88.7 Å². The van der Waals surface area contributed by atoms with Gasteiger partial charge in [0.25, 0.3) is 11.8 Å². The lowest BCUT2D eigenvalue weighted by atomic mass is 10.1. The fraction of sp³-hybridized carbons (Fsp3) is 0.0500. The van der Waals surface area contributed by atoms with E-state index >= 15 is 0 Å². The van der Waals surface area contributed by atoms with E-state index in [1.165, 1.54) is 6.20 Å². The van der Waals surface area contributed by atoms with Crippen LogP contribution in [0.25, 0.3) is 0 Å². The molecule has 2 N–H and O–H groups in total. The molecule has 0 unspecified atom stereocenters. The normalized spacial score (nSPS) is 10.2. The molecule has 0 aliphatic heterocycles. The third-order valence-electron chi connectivity index (χ3n) is 3.70. The number of rotatable bonds is 4. The number of aryl methyl sites for hydroxylation is 1. The van der Waals surface area contributed by atoms with Crippen LogP contribution in [-0.4, -0.2) is 16.8 Å². The maximum Gasteiger partial charge on any atom is 0.257 e. The van der Waals surface area contributed by atoms with Crippen molar-refractivity contribution < 1.29 is 9.59 Å². The zero-order valence-electron chi connectivity index (χ0n) is 14.0. The van der Waals surface area contributed by atoms with Crippen LogP contribution in [0.1, 0.15) is 26.4 Å². The molecule has 26 heavy (non-hydrogen) atoms. The predicted octanol–water partition coefficient (Wildman–Crippen LogP) is 4.55. The van der Waals surface area contributed by atoms with E-state index < -0.39 is 0 Å². The molecule has 130 valence electrons. The molecule has 1 aromatic heterocycles. The van der Waals surface area contributed by atoms with E-state index in [2.05, 4.69) is 15.6 Å². The molecule has 0 aliphatic carbocycles. The zero-order valence-corrected chi connectivity index (χ0v) is 14.7. The number of para-hydroxylation sites is 1. The van der Waals surface area contributed by atoms with Crippen molar-refractivity contribution in [1.82, 2.24) is 4.98 Å². The van der Waals surface area contributed by atoms with Gasteiger partial charge in [-0.1, -0.05) is 23.7 Å². The van der Waals surface area contributed by atoms with Crippen molar-refractivity contribution in [1.29, 1.82) is 0 Å². The molecule has 1 heterocycles. The standard InChI is InChI=1S/C20H16ClN3O2/c1-13-6-7-14(12-22-13)19(25)24-18-5-3-2-4-17(18)20(26)23-16-10-8-15(21)9-11-16/h2-12H,1H3,(H,23,26)(H,24,25). The highest BCUT2D eigenvalue weighted by molar-refractivity contribution is 6.30. The Kier molecular flexibility index (Phi) is 5.29. The van der Waals surface area contributed by atoms with Gasteiger partial charge in [0.1, 0.15) is 0 Å². The smallest absolute Gasteiger partial charge is 0.257 e. The van der Waals surface area contributed by atoms with E-state index in [-0.39, 0.29) is 11.8 Å². The van der Waals surface area contributed by atoms with Crippen LogP contribution in [0, 0.1) is 6.92 Å². The Morgan fingerprint density at radius 2 is 1.62 bits per heavy atom. The largest absolute Gasteiger partial charge is 0.322 e. The zero-order chi connectivity index (χ0) is 18.5. The molecule has 2 amide bonds. The summed E-state index contributed by atoms with van der Waals surface area (Å²) in [4.78, 5) is 29.1. The first-order chi connectivity index (χ1) is 12.5. The van der Waals surface area contributed by atoms with Crippen LogP contribution in [0.2, 0.25) is 5.02 Å². The van der Waals surface area contributed by atoms with E-state index in [1.54, 1.807) is 60.7 Å². The number of carbonyl (C=O) groups is 2. The Hall–Kier alpha value is -3.18. The van der Waals surface area contributed by atoms with Gasteiger partial charge >= 0.3 is 0 Å². The van der Waals surface area contributed by atoms with Crippen molar-refractivity contribution in [3.63, 3.8) is 0 Å². The SMILES string of the molecule is Cc1ccc(C(=O)Nc2ccccc2C(=O)Nc2ccc(Cl)cc2)cn1. The van der Waals surface area contributed by atoms with E-state index in [1.807, 2.05) is 6.92 Å². The number of halogens is 1. The molecular formula is C20H16ClN3O2. The summed E-state index contributed by atoms with van der Waals surface area (Å²) in [5.74, 6) is -0.658. The summed E-state index contributed by atoms with van der Waals surface area (Å²) in [6.07, 6.45) is 1.50. The second kappa shape index (κ2) is 7.80. The highest BCUT2D eigenvalue weighted by Gasteiger charge is 2.14. The van der Waals surface area contributed by atoms with E-state index in [9.17, 15) is 9.59 Å². The Morgan fingerprint density at radius 1 is 0.885 bits per heavy atom. The van der Waals surface area contributed by atoms with Gasteiger partial charge in [-0.05, 0) is 55.5 Å². The number of carbonyl (C=O) groups excluding carboxylic acids is 2.